The lowest BCUT2D eigenvalue weighted by molar-refractivity contribution is -0.141. The maximum Gasteiger partial charge on any atom is 0.306 e. The fourth-order valence-electron chi connectivity index (χ4n) is 1.79. The van der Waals surface area contributed by atoms with Crippen LogP contribution in [0, 0.1) is 12.3 Å². The van der Waals surface area contributed by atoms with E-state index in [2.05, 4.69) is 5.16 Å². The van der Waals surface area contributed by atoms with Crippen LogP contribution in [0.2, 0.25) is 0 Å². The summed E-state index contributed by atoms with van der Waals surface area (Å²) in [5.74, 6) is 2.59. The van der Waals surface area contributed by atoms with Crippen LogP contribution in [0.15, 0.2) is 10.6 Å². The number of hydrogen-bond acceptors (Lipinski definition) is 5. The third-order valence-electron chi connectivity index (χ3n) is 3.04. The Hall–Kier alpha value is -0.970. The molecule has 0 radical (unpaired) electrons. The Morgan fingerprint density at radius 2 is 2.41 bits per heavy atom. The van der Waals surface area contributed by atoms with Crippen molar-refractivity contribution in [2.24, 2.45) is 5.41 Å². The summed E-state index contributed by atoms with van der Waals surface area (Å²) in [6.07, 6.45) is 2.81. The Balaban J connectivity index is 1.73. The predicted molar refractivity (Wildman–Crippen MR) is 65.7 cm³/mol. The topological polar surface area (TPSA) is 52.3 Å². The highest BCUT2D eigenvalue weighted by Gasteiger charge is 2.44. The third kappa shape index (κ3) is 3.49. The minimum atomic E-state index is -0.0969. The number of carbonyl (C=O) groups excluding carboxylic acids is 1. The molecule has 4 nitrogen and oxygen atoms in total. The minimum absolute atomic E-state index is 0.0969. The van der Waals surface area contributed by atoms with E-state index in [-0.39, 0.29) is 11.4 Å². The van der Waals surface area contributed by atoms with Crippen LogP contribution in [-0.2, 0) is 15.3 Å². The van der Waals surface area contributed by atoms with Crippen molar-refractivity contribution in [1.29, 1.82) is 0 Å². The molecule has 5 heteroatoms. The minimum Gasteiger partial charge on any atom is -0.469 e. The zero-order valence-electron chi connectivity index (χ0n) is 10.2. The van der Waals surface area contributed by atoms with Gasteiger partial charge in [0, 0.05) is 11.8 Å². The first-order valence-electron chi connectivity index (χ1n) is 5.70. The van der Waals surface area contributed by atoms with Crippen LogP contribution in [0.4, 0.5) is 0 Å². The van der Waals surface area contributed by atoms with E-state index in [1.54, 1.807) is 0 Å². The maximum atomic E-state index is 11.2. The van der Waals surface area contributed by atoms with Crippen molar-refractivity contribution in [2.45, 2.75) is 31.9 Å². The number of hydrogen-bond donors (Lipinski definition) is 0. The van der Waals surface area contributed by atoms with Gasteiger partial charge >= 0.3 is 5.97 Å². The van der Waals surface area contributed by atoms with Crippen LogP contribution in [0.1, 0.15) is 30.7 Å². The molecule has 1 aliphatic carbocycles. The van der Waals surface area contributed by atoms with Gasteiger partial charge in [-0.1, -0.05) is 5.16 Å². The first-order chi connectivity index (χ1) is 8.13. The van der Waals surface area contributed by atoms with Gasteiger partial charge in [0.1, 0.15) is 5.76 Å². The monoisotopic (exact) mass is 255 g/mol. The van der Waals surface area contributed by atoms with Gasteiger partial charge in [-0.25, -0.2) is 0 Å². The number of rotatable bonds is 6. The van der Waals surface area contributed by atoms with E-state index in [0.29, 0.717) is 6.42 Å². The first kappa shape index (κ1) is 12.5. The van der Waals surface area contributed by atoms with E-state index in [1.807, 2.05) is 24.8 Å². The summed E-state index contributed by atoms with van der Waals surface area (Å²) in [6.45, 7) is 1.89. The van der Waals surface area contributed by atoms with Crippen molar-refractivity contribution in [3.8, 4) is 0 Å². The molecule has 0 aliphatic heterocycles. The summed E-state index contributed by atoms with van der Waals surface area (Å²) in [6, 6.07) is 1.95. The molecule has 0 saturated heterocycles. The van der Waals surface area contributed by atoms with Gasteiger partial charge in [0.05, 0.1) is 19.2 Å². The average molecular weight is 255 g/mol. The number of thioether (sulfide) groups is 1. The molecule has 94 valence electrons. The van der Waals surface area contributed by atoms with Crippen LogP contribution in [0.5, 0.6) is 0 Å². The second-order valence-electron chi connectivity index (χ2n) is 4.67. The number of ether oxygens (including phenoxy) is 1. The van der Waals surface area contributed by atoms with Crippen molar-refractivity contribution in [1.82, 2.24) is 5.16 Å². The molecule has 0 amide bonds. The summed E-state index contributed by atoms with van der Waals surface area (Å²) in [4.78, 5) is 11.2. The summed E-state index contributed by atoms with van der Waals surface area (Å²) in [5.41, 5.74) is 1.16. The van der Waals surface area contributed by atoms with E-state index < -0.39 is 0 Å². The number of esters is 1. The Morgan fingerprint density at radius 1 is 1.65 bits per heavy atom. The molecule has 2 rings (SSSR count). The maximum absolute atomic E-state index is 11.2. The molecule has 1 heterocycles. The highest BCUT2D eigenvalue weighted by atomic mass is 32.2. The third-order valence-corrected chi connectivity index (χ3v) is 4.36. The van der Waals surface area contributed by atoms with Gasteiger partial charge in [0.25, 0.3) is 0 Å². The summed E-state index contributed by atoms with van der Waals surface area (Å²) >= 11 is 1.81. The smallest absolute Gasteiger partial charge is 0.306 e. The van der Waals surface area contributed by atoms with Crippen LogP contribution in [-0.4, -0.2) is 24.0 Å². The van der Waals surface area contributed by atoms with E-state index >= 15 is 0 Å². The summed E-state index contributed by atoms with van der Waals surface area (Å²) < 4.78 is 9.73. The zero-order chi connectivity index (χ0) is 12.3. The van der Waals surface area contributed by atoms with E-state index in [0.717, 1.165) is 35.8 Å². The molecule has 1 saturated carbocycles. The Labute approximate surface area is 105 Å². The Kier molecular flexibility index (Phi) is 3.76. The van der Waals surface area contributed by atoms with Crippen LogP contribution >= 0.6 is 11.8 Å². The van der Waals surface area contributed by atoms with E-state index in [4.69, 9.17) is 9.26 Å². The normalized spacial score (nSPS) is 16.8. The zero-order valence-corrected chi connectivity index (χ0v) is 11.0. The van der Waals surface area contributed by atoms with E-state index in [9.17, 15) is 4.79 Å². The first-order valence-corrected chi connectivity index (χ1v) is 6.86. The van der Waals surface area contributed by atoms with Gasteiger partial charge in [-0.05, 0) is 30.9 Å². The number of methoxy groups -OCH3 is 1. The second-order valence-corrected chi connectivity index (χ2v) is 5.66. The lowest BCUT2D eigenvalue weighted by Crippen LogP contribution is -2.13. The molecule has 1 fully saturated rings. The predicted octanol–water partition coefficient (Wildman–Crippen LogP) is 2.56. The average Bonchev–Trinajstić information content (AvgIpc) is 2.93. The standard InChI is InChI=1S/C12H17NO3S/c1-9-5-10(13-16-9)7-17-8-12(3-4-12)6-11(14)15-2/h5H,3-4,6-8H2,1-2H3. The quantitative estimate of drug-likeness (QED) is 0.731. The number of aromatic nitrogens is 1. The van der Waals surface area contributed by atoms with Crippen molar-refractivity contribution in [3.63, 3.8) is 0 Å². The van der Waals surface area contributed by atoms with Gasteiger partial charge in [-0.15, -0.1) is 0 Å². The van der Waals surface area contributed by atoms with Crippen molar-refractivity contribution >= 4 is 17.7 Å². The molecule has 0 N–H and O–H groups in total. The molecular weight excluding hydrogens is 238 g/mol. The van der Waals surface area contributed by atoms with Gasteiger partial charge in [-0.3, -0.25) is 4.79 Å². The largest absolute Gasteiger partial charge is 0.469 e. The second kappa shape index (κ2) is 5.12. The molecule has 1 aliphatic rings. The van der Waals surface area contributed by atoms with Gasteiger partial charge in [-0.2, -0.15) is 11.8 Å². The van der Waals surface area contributed by atoms with Gasteiger partial charge in [0.15, 0.2) is 0 Å². The lowest BCUT2D eigenvalue weighted by Gasteiger charge is -2.12. The van der Waals surface area contributed by atoms with Gasteiger partial charge < -0.3 is 9.26 Å². The van der Waals surface area contributed by atoms with Crippen molar-refractivity contribution in [2.75, 3.05) is 12.9 Å². The van der Waals surface area contributed by atoms with Crippen molar-refractivity contribution in [3.05, 3.63) is 17.5 Å². The SMILES string of the molecule is COC(=O)CC1(CSCc2cc(C)on2)CC1. The molecule has 0 bridgehead atoms. The molecule has 1 aromatic rings. The molecular formula is C12H17NO3S. The fraction of sp³-hybridized carbons (Fsp3) is 0.667. The molecule has 0 spiro atoms. The summed E-state index contributed by atoms with van der Waals surface area (Å²) in [5, 5.41) is 3.95. The van der Waals surface area contributed by atoms with E-state index in [1.165, 1.54) is 7.11 Å². The fourth-order valence-corrected chi connectivity index (χ4v) is 3.06. The molecule has 0 atom stereocenters. The Morgan fingerprint density at radius 3 is 2.94 bits per heavy atom. The van der Waals surface area contributed by atoms with Crippen LogP contribution in [0.3, 0.4) is 0 Å². The number of carbonyl (C=O) groups is 1. The highest BCUT2D eigenvalue weighted by Crippen LogP contribution is 2.51. The van der Waals surface area contributed by atoms with Crippen molar-refractivity contribution < 1.29 is 14.1 Å². The number of nitrogens with zero attached hydrogens (tertiary/aromatic N) is 1. The lowest BCUT2D eigenvalue weighted by atomic mass is 10.1. The molecule has 1 aromatic heterocycles. The van der Waals surface area contributed by atoms with Crippen LogP contribution in [0.25, 0.3) is 0 Å². The number of aryl methyl sites for hydroxylation is 1. The molecule has 17 heavy (non-hydrogen) atoms. The van der Waals surface area contributed by atoms with Crippen LogP contribution < -0.4 is 0 Å². The van der Waals surface area contributed by atoms with Gasteiger partial charge in [0.2, 0.25) is 0 Å². The highest BCUT2D eigenvalue weighted by molar-refractivity contribution is 7.98. The molecule has 0 aromatic carbocycles. The summed E-state index contributed by atoms with van der Waals surface area (Å²) in [7, 11) is 1.45. The Bertz CT molecular complexity index is 398. The molecule has 0 unspecified atom stereocenters.